The highest BCUT2D eigenvalue weighted by Crippen LogP contribution is 1.98. The quantitative estimate of drug-likeness (QED) is 0.733. The van der Waals surface area contributed by atoms with Gasteiger partial charge in [0, 0.05) is 38.2 Å². The van der Waals surface area contributed by atoms with E-state index >= 15 is 0 Å². The van der Waals surface area contributed by atoms with Crippen LogP contribution in [0.3, 0.4) is 0 Å². The number of rotatable bonds is 7. The van der Waals surface area contributed by atoms with Gasteiger partial charge in [-0.25, -0.2) is 4.98 Å². The number of aromatic nitrogens is 4. The second-order valence-electron chi connectivity index (χ2n) is 3.97. The molecule has 2 aromatic heterocycles. The van der Waals surface area contributed by atoms with Crippen molar-refractivity contribution in [2.75, 3.05) is 6.54 Å². The minimum Gasteiger partial charge on any atom is -0.337 e. The molecule has 92 valence electrons. The zero-order valence-electron chi connectivity index (χ0n) is 10.2. The summed E-state index contributed by atoms with van der Waals surface area (Å²) < 4.78 is 4.11. The first-order chi connectivity index (χ1) is 8.40. The molecule has 0 aliphatic carbocycles. The summed E-state index contributed by atoms with van der Waals surface area (Å²) in [5, 5.41) is 7.67. The molecule has 0 bridgehead atoms. The van der Waals surface area contributed by atoms with E-state index in [1.54, 1.807) is 0 Å². The van der Waals surface area contributed by atoms with Crippen LogP contribution in [-0.2, 0) is 19.6 Å². The largest absolute Gasteiger partial charge is 0.337 e. The Morgan fingerprint density at radius 1 is 1.35 bits per heavy atom. The molecule has 0 saturated carbocycles. The maximum Gasteiger partial charge on any atom is 0.0945 e. The van der Waals surface area contributed by atoms with Gasteiger partial charge in [-0.15, -0.1) is 0 Å². The molecule has 0 radical (unpaired) electrons. The van der Waals surface area contributed by atoms with E-state index in [-0.39, 0.29) is 0 Å². The smallest absolute Gasteiger partial charge is 0.0945 e. The molecule has 0 aliphatic rings. The Bertz CT molecular complexity index is 418. The van der Waals surface area contributed by atoms with Gasteiger partial charge in [0.2, 0.25) is 0 Å². The average Bonchev–Trinajstić information content (AvgIpc) is 2.98. The molecule has 0 amide bonds. The van der Waals surface area contributed by atoms with Crippen LogP contribution in [0.25, 0.3) is 0 Å². The van der Waals surface area contributed by atoms with E-state index in [2.05, 4.69) is 33.0 Å². The number of imidazole rings is 1. The minimum atomic E-state index is 0.887. The van der Waals surface area contributed by atoms with Gasteiger partial charge >= 0.3 is 0 Å². The van der Waals surface area contributed by atoms with E-state index in [4.69, 9.17) is 0 Å². The van der Waals surface area contributed by atoms with Gasteiger partial charge in [-0.2, -0.15) is 5.10 Å². The van der Waals surface area contributed by atoms with Crippen molar-refractivity contribution in [2.45, 2.75) is 33.0 Å². The molecule has 0 aromatic carbocycles. The predicted octanol–water partition coefficient (Wildman–Crippen LogP) is 1.28. The van der Waals surface area contributed by atoms with Gasteiger partial charge in [-0.05, 0) is 26.0 Å². The third-order valence-corrected chi connectivity index (χ3v) is 2.74. The summed E-state index contributed by atoms with van der Waals surface area (Å²) in [5.74, 6) is 0. The number of aryl methyl sites for hydroxylation is 2. The number of hydrogen-bond acceptors (Lipinski definition) is 3. The zero-order valence-corrected chi connectivity index (χ0v) is 10.2. The lowest BCUT2D eigenvalue weighted by Crippen LogP contribution is -2.18. The standard InChI is InChI=1S/C12H19N5/c1-2-17-12(4-6-15-17)10-13-5-3-8-16-9-7-14-11-16/h4,6-7,9,11,13H,2-3,5,8,10H2,1H3. The summed E-state index contributed by atoms with van der Waals surface area (Å²) in [6.45, 7) is 5.94. The number of nitrogens with zero attached hydrogens (tertiary/aromatic N) is 4. The Kier molecular flexibility index (Phi) is 4.32. The van der Waals surface area contributed by atoms with Crippen LogP contribution in [0.1, 0.15) is 19.0 Å². The van der Waals surface area contributed by atoms with E-state index in [1.807, 2.05) is 29.6 Å². The van der Waals surface area contributed by atoms with Gasteiger partial charge in [0.05, 0.1) is 12.0 Å². The Morgan fingerprint density at radius 3 is 3.06 bits per heavy atom. The van der Waals surface area contributed by atoms with Crippen molar-refractivity contribution in [3.63, 3.8) is 0 Å². The predicted molar refractivity (Wildman–Crippen MR) is 66.5 cm³/mol. The normalized spacial score (nSPS) is 10.9. The van der Waals surface area contributed by atoms with Crippen molar-refractivity contribution in [1.82, 2.24) is 24.6 Å². The molecule has 0 spiro atoms. The zero-order chi connectivity index (χ0) is 11.9. The van der Waals surface area contributed by atoms with Gasteiger partial charge in [0.25, 0.3) is 0 Å². The average molecular weight is 233 g/mol. The van der Waals surface area contributed by atoms with Crippen LogP contribution >= 0.6 is 0 Å². The van der Waals surface area contributed by atoms with E-state index in [0.29, 0.717) is 0 Å². The van der Waals surface area contributed by atoms with Gasteiger partial charge in [0.15, 0.2) is 0 Å². The van der Waals surface area contributed by atoms with Crippen molar-refractivity contribution in [1.29, 1.82) is 0 Å². The maximum absolute atomic E-state index is 4.24. The monoisotopic (exact) mass is 233 g/mol. The van der Waals surface area contributed by atoms with Crippen LogP contribution in [-0.4, -0.2) is 25.9 Å². The summed E-state index contributed by atoms with van der Waals surface area (Å²) in [4.78, 5) is 4.02. The first-order valence-electron chi connectivity index (χ1n) is 6.07. The second-order valence-corrected chi connectivity index (χ2v) is 3.97. The summed E-state index contributed by atoms with van der Waals surface area (Å²) in [7, 11) is 0. The van der Waals surface area contributed by atoms with Gasteiger partial charge in [-0.3, -0.25) is 4.68 Å². The molecule has 2 aromatic rings. The lowest BCUT2D eigenvalue weighted by Gasteiger charge is -2.07. The first-order valence-corrected chi connectivity index (χ1v) is 6.07. The Morgan fingerprint density at radius 2 is 2.29 bits per heavy atom. The Balaban J connectivity index is 1.63. The molecule has 0 aliphatic heterocycles. The molecule has 0 unspecified atom stereocenters. The molecule has 5 heteroatoms. The van der Waals surface area contributed by atoms with Crippen LogP contribution < -0.4 is 5.32 Å². The molecule has 5 nitrogen and oxygen atoms in total. The first kappa shape index (κ1) is 11.9. The molecular formula is C12H19N5. The molecule has 0 saturated heterocycles. The molecule has 2 rings (SSSR count). The highest BCUT2D eigenvalue weighted by Gasteiger charge is 1.99. The number of nitrogens with one attached hydrogen (secondary N) is 1. The summed E-state index contributed by atoms with van der Waals surface area (Å²) in [5.41, 5.74) is 1.25. The molecule has 17 heavy (non-hydrogen) atoms. The third-order valence-electron chi connectivity index (χ3n) is 2.74. The van der Waals surface area contributed by atoms with Crippen LogP contribution in [0.15, 0.2) is 31.0 Å². The van der Waals surface area contributed by atoms with Crippen molar-refractivity contribution in [3.05, 3.63) is 36.7 Å². The fourth-order valence-corrected chi connectivity index (χ4v) is 1.82. The van der Waals surface area contributed by atoms with Crippen LogP contribution in [0.2, 0.25) is 0 Å². The Hall–Kier alpha value is -1.62. The minimum absolute atomic E-state index is 0.887. The molecular weight excluding hydrogens is 214 g/mol. The van der Waals surface area contributed by atoms with Crippen molar-refractivity contribution in [3.8, 4) is 0 Å². The third kappa shape index (κ3) is 3.42. The van der Waals surface area contributed by atoms with E-state index < -0.39 is 0 Å². The van der Waals surface area contributed by atoms with E-state index in [1.165, 1.54) is 5.69 Å². The van der Waals surface area contributed by atoms with E-state index in [9.17, 15) is 0 Å². The highest BCUT2D eigenvalue weighted by molar-refractivity contribution is 4.99. The molecule has 0 atom stereocenters. The van der Waals surface area contributed by atoms with Crippen molar-refractivity contribution < 1.29 is 0 Å². The second kappa shape index (κ2) is 6.20. The van der Waals surface area contributed by atoms with E-state index in [0.717, 1.165) is 32.6 Å². The van der Waals surface area contributed by atoms with Crippen LogP contribution in [0.4, 0.5) is 0 Å². The highest BCUT2D eigenvalue weighted by atomic mass is 15.3. The van der Waals surface area contributed by atoms with Gasteiger partial charge < -0.3 is 9.88 Å². The van der Waals surface area contributed by atoms with Gasteiger partial charge in [0.1, 0.15) is 0 Å². The lowest BCUT2D eigenvalue weighted by molar-refractivity contribution is 0.549. The lowest BCUT2D eigenvalue weighted by atomic mass is 10.3. The van der Waals surface area contributed by atoms with Gasteiger partial charge in [-0.1, -0.05) is 0 Å². The Labute approximate surface area is 101 Å². The van der Waals surface area contributed by atoms with Crippen molar-refractivity contribution >= 4 is 0 Å². The van der Waals surface area contributed by atoms with Crippen LogP contribution in [0.5, 0.6) is 0 Å². The number of hydrogen-bond donors (Lipinski definition) is 1. The molecule has 1 N–H and O–H groups in total. The topological polar surface area (TPSA) is 47.7 Å². The fourth-order valence-electron chi connectivity index (χ4n) is 1.82. The van der Waals surface area contributed by atoms with Crippen molar-refractivity contribution in [2.24, 2.45) is 0 Å². The van der Waals surface area contributed by atoms with Crippen LogP contribution in [0, 0.1) is 0 Å². The summed E-state index contributed by atoms with van der Waals surface area (Å²) >= 11 is 0. The molecule has 2 heterocycles. The maximum atomic E-state index is 4.24. The SMILES string of the molecule is CCn1nccc1CNCCCn1ccnc1. The fraction of sp³-hybridized carbons (Fsp3) is 0.500. The summed E-state index contributed by atoms with van der Waals surface area (Å²) in [6.07, 6.45) is 8.62. The molecule has 0 fully saturated rings. The summed E-state index contributed by atoms with van der Waals surface area (Å²) in [6, 6.07) is 2.06.